The van der Waals surface area contributed by atoms with Crippen molar-refractivity contribution < 1.29 is 21.9 Å². The number of hydrogen-bond acceptors (Lipinski definition) is 6. The zero-order chi connectivity index (χ0) is 21.3. The van der Waals surface area contributed by atoms with Crippen molar-refractivity contribution in [1.29, 1.82) is 0 Å². The van der Waals surface area contributed by atoms with Gasteiger partial charge in [0.2, 0.25) is 0 Å². The molecule has 0 aliphatic carbocycles. The Kier molecular flexibility index (Phi) is 5.75. The van der Waals surface area contributed by atoms with Gasteiger partial charge in [-0.15, -0.1) is 11.3 Å². The maximum absolute atomic E-state index is 14.0. The van der Waals surface area contributed by atoms with Crippen LogP contribution in [0.2, 0.25) is 0 Å². The molecule has 0 radical (unpaired) electrons. The summed E-state index contributed by atoms with van der Waals surface area (Å²) in [5.41, 5.74) is 1.67. The number of hydrogen-bond donors (Lipinski definition) is 0. The minimum absolute atomic E-state index is 0.277. The van der Waals surface area contributed by atoms with Gasteiger partial charge in [-0.2, -0.15) is 0 Å². The standard InChI is InChI=1S/C21H20F2N2O3S2/c1-28-19-8-3-2-5-15(19)18-13-29-21(24-18)25-11-9-14(10-12-25)30(26,27)20-16(22)6-4-7-17(20)23/h2-8,13-14H,9-12H2,1H3. The molecule has 1 aliphatic rings. The van der Waals surface area contributed by atoms with Crippen LogP contribution in [-0.4, -0.2) is 38.9 Å². The summed E-state index contributed by atoms with van der Waals surface area (Å²) in [5, 5.41) is 1.89. The molecule has 0 atom stereocenters. The van der Waals surface area contributed by atoms with E-state index in [-0.39, 0.29) is 12.8 Å². The number of thiazole rings is 1. The summed E-state index contributed by atoms with van der Waals surface area (Å²) in [7, 11) is -2.48. The lowest BCUT2D eigenvalue weighted by molar-refractivity contribution is 0.416. The van der Waals surface area contributed by atoms with Crippen molar-refractivity contribution in [3.05, 3.63) is 59.5 Å². The van der Waals surface area contributed by atoms with Crippen LogP contribution in [-0.2, 0) is 9.84 Å². The number of ether oxygens (including phenoxy) is 1. The summed E-state index contributed by atoms with van der Waals surface area (Å²) < 4.78 is 59.0. The Morgan fingerprint density at radius 1 is 1.07 bits per heavy atom. The Labute approximate surface area is 177 Å². The first-order valence-electron chi connectivity index (χ1n) is 9.43. The molecule has 4 rings (SSSR count). The monoisotopic (exact) mass is 450 g/mol. The van der Waals surface area contributed by atoms with Crippen LogP contribution < -0.4 is 9.64 Å². The number of nitrogens with zero attached hydrogens (tertiary/aromatic N) is 2. The molecule has 2 aromatic carbocycles. The second-order valence-electron chi connectivity index (χ2n) is 7.00. The second-order valence-corrected chi connectivity index (χ2v) is 10.00. The first-order valence-corrected chi connectivity index (χ1v) is 11.9. The smallest absolute Gasteiger partial charge is 0.187 e. The summed E-state index contributed by atoms with van der Waals surface area (Å²) in [4.78, 5) is 5.87. The number of rotatable bonds is 5. The van der Waals surface area contributed by atoms with Crippen LogP contribution in [0.4, 0.5) is 13.9 Å². The molecule has 1 aliphatic heterocycles. The van der Waals surface area contributed by atoms with Crippen molar-refractivity contribution >= 4 is 26.3 Å². The first-order chi connectivity index (χ1) is 14.4. The van der Waals surface area contributed by atoms with Crippen LogP contribution in [0, 0.1) is 11.6 Å². The van der Waals surface area contributed by atoms with Crippen molar-refractivity contribution in [2.45, 2.75) is 23.0 Å². The summed E-state index contributed by atoms with van der Waals surface area (Å²) in [6, 6.07) is 10.7. The highest BCUT2D eigenvalue weighted by atomic mass is 32.2. The lowest BCUT2D eigenvalue weighted by Crippen LogP contribution is -2.39. The van der Waals surface area contributed by atoms with E-state index in [0.29, 0.717) is 13.1 Å². The maximum Gasteiger partial charge on any atom is 0.187 e. The highest BCUT2D eigenvalue weighted by Gasteiger charge is 2.35. The van der Waals surface area contributed by atoms with Crippen molar-refractivity contribution in [3.8, 4) is 17.0 Å². The van der Waals surface area contributed by atoms with Crippen LogP contribution in [0.1, 0.15) is 12.8 Å². The third-order valence-electron chi connectivity index (χ3n) is 5.23. The van der Waals surface area contributed by atoms with Gasteiger partial charge in [0, 0.05) is 24.0 Å². The fourth-order valence-corrected chi connectivity index (χ4v) is 6.39. The fourth-order valence-electron chi connectivity index (χ4n) is 3.67. The third kappa shape index (κ3) is 3.79. The van der Waals surface area contributed by atoms with Gasteiger partial charge in [0.15, 0.2) is 15.0 Å². The lowest BCUT2D eigenvalue weighted by atomic mass is 10.1. The van der Waals surface area contributed by atoms with Crippen LogP contribution >= 0.6 is 11.3 Å². The number of aromatic nitrogens is 1. The van der Waals surface area contributed by atoms with Gasteiger partial charge in [-0.3, -0.25) is 0 Å². The van der Waals surface area contributed by atoms with E-state index in [0.717, 1.165) is 40.3 Å². The zero-order valence-corrected chi connectivity index (χ0v) is 17.8. The number of piperidine rings is 1. The Bertz CT molecular complexity index is 1140. The van der Waals surface area contributed by atoms with Crippen molar-refractivity contribution in [1.82, 2.24) is 4.98 Å². The van der Waals surface area contributed by atoms with Crippen LogP contribution in [0.5, 0.6) is 5.75 Å². The Balaban J connectivity index is 1.50. The van der Waals surface area contributed by atoms with Gasteiger partial charge in [-0.05, 0) is 37.1 Å². The third-order valence-corrected chi connectivity index (χ3v) is 8.44. The maximum atomic E-state index is 14.0. The van der Waals surface area contributed by atoms with E-state index in [1.807, 2.05) is 34.5 Å². The van der Waals surface area contributed by atoms with Gasteiger partial charge in [0.05, 0.1) is 18.1 Å². The van der Waals surface area contributed by atoms with E-state index in [4.69, 9.17) is 4.74 Å². The van der Waals surface area contributed by atoms with E-state index < -0.39 is 31.6 Å². The van der Waals surface area contributed by atoms with Gasteiger partial charge in [-0.25, -0.2) is 22.2 Å². The van der Waals surface area contributed by atoms with E-state index in [1.54, 1.807) is 7.11 Å². The van der Waals surface area contributed by atoms with E-state index >= 15 is 0 Å². The molecular formula is C21H20F2N2O3S2. The highest BCUT2D eigenvalue weighted by Crippen LogP contribution is 2.35. The minimum Gasteiger partial charge on any atom is -0.496 e. The molecule has 3 aromatic rings. The second kappa shape index (κ2) is 8.31. The van der Waals surface area contributed by atoms with Gasteiger partial charge >= 0.3 is 0 Å². The molecular weight excluding hydrogens is 430 g/mol. The zero-order valence-electron chi connectivity index (χ0n) is 16.2. The Morgan fingerprint density at radius 2 is 1.73 bits per heavy atom. The number of sulfone groups is 1. The highest BCUT2D eigenvalue weighted by molar-refractivity contribution is 7.92. The summed E-state index contributed by atoms with van der Waals surface area (Å²) >= 11 is 1.47. The molecule has 0 spiro atoms. The Hall–Kier alpha value is -2.52. The average molecular weight is 451 g/mol. The molecule has 1 fully saturated rings. The number of benzene rings is 2. The average Bonchev–Trinajstić information content (AvgIpc) is 3.23. The number of methoxy groups -OCH3 is 1. The van der Waals surface area contributed by atoms with E-state index in [2.05, 4.69) is 4.98 Å². The van der Waals surface area contributed by atoms with Crippen molar-refractivity contribution in [3.63, 3.8) is 0 Å². The molecule has 5 nitrogen and oxygen atoms in total. The molecule has 1 aromatic heterocycles. The van der Waals surface area contributed by atoms with Crippen molar-refractivity contribution in [2.75, 3.05) is 25.1 Å². The summed E-state index contributed by atoms with van der Waals surface area (Å²) in [5.74, 6) is -1.36. The van der Waals surface area contributed by atoms with Crippen LogP contribution in [0.15, 0.2) is 52.7 Å². The molecule has 30 heavy (non-hydrogen) atoms. The first kappa shape index (κ1) is 20.7. The van der Waals surface area contributed by atoms with Crippen molar-refractivity contribution in [2.24, 2.45) is 0 Å². The molecule has 9 heteroatoms. The predicted octanol–water partition coefficient (Wildman–Crippen LogP) is 4.54. The van der Waals surface area contributed by atoms with Gasteiger partial charge in [0.1, 0.15) is 22.3 Å². The van der Waals surface area contributed by atoms with Gasteiger partial charge in [-0.1, -0.05) is 18.2 Å². The van der Waals surface area contributed by atoms with E-state index in [9.17, 15) is 17.2 Å². The van der Waals surface area contributed by atoms with Gasteiger partial charge < -0.3 is 9.64 Å². The fraction of sp³-hybridized carbons (Fsp3) is 0.286. The molecule has 0 bridgehead atoms. The number of anilines is 1. The molecule has 0 amide bonds. The predicted molar refractivity (Wildman–Crippen MR) is 113 cm³/mol. The molecule has 158 valence electrons. The van der Waals surface area contributed by atoms with Crippen LogP contribution in [0.3, 0.4) is 0 Å². The number of halogens is 2. The molecule has 1 saturated heterocycles. The molecule has 0 saturated carbocycles. The minimum atomic E-state index is -4.09. The van der Waals surface area contributed by atoms with Crippen LogP contribution in [0.25, 0.3) is 11.3 Å². The SMILES string of the molecule is COc1ccccc1-c1csc(N2CCC(S(=O)(=O)c3c(F)cccc3F)CC2)n1. The molecule has 2 heterocycles. The Morgan fingerprint density at radius 3 is 2.40 bits per heavy atom. The largest absolute Gasteiger partial charge is 0.496 e. The molecule has 0 unspecified atom stereocenters. The summed E-state index contributed by atoms with van der Waals surface area (Å²) in [6.07, 6.45) is 0.555. The topological polar surface area (TPSA) is 59.5 Å². The van der Waals surface area contributed by atoms with Gasteiger partial charge in [0.25, 0.3) is 0 Å². The number of para-hydroxylation sites is 1. The quantitative estimate of drug-likeness (QED) is 0.571. The molecule has 0 N–H and O–H groups in total. The normalized spacial score (nSPS) is 15.4. The lowest BCUT2D eigenvalue weighted by Gasteiger charge is -2.31. The summed E-state index contributed by atoms with van der Waals surface area (Å²) in [6.45, 7) is 0.887. The van der Waals surface area contributed by atoms with E-state index in [1.165, 1.54) is 11.3 Å².